The fourth-order valence-corrected chi connectivity index (χ4v) is 1.70. The van der Waals surface area contributed by atoms with Gasteiger partial charge in [-0.3, -0.25) is 0 Å². The predicted molar refractivity (Wildman–Crippen MR) is 51.8 cm³/mol. The first-order chi connectivity index (χ1) is 6.77. The van der Waals surface area contributed by atoms with E-state index in [2.05, 4.69) is 20.1 Å². The maximum Gasteiger partial charge on any atom is 0.245 e. The van der Waals surface area contributed by atoms with Crippen molar-refractivity contribution < 1.29 is 5.11 Å². The highest BCUT2D eigenvalue weighted by atomic mass is 16.3. The standard InChI is InChI=1S/C9H14N4O/c1-7-6-13(5-2-8(7)14)9-10-3-4-11-12-9/h3-4,7-8,14H,2,5-6H2,1H3/t7-,8-/m1/s1. The fourth-order valence-electron chi connectivity index (χ4n) is 1.70. The minimum atomic E-state index is -0.192. The number of rotatable bonds is 1. The lowest BCUT2D eigenvalue weighted by Gasteiger charge is -2.33. The molecule has 1 aliphatic rings. The zero-order valence-corrected chi connectivity index (χ0v) is 8.17. The van der Waals surface area contributed by atoms with E-state index in [0.29, 0.717) is 5.95 Å². The zero-order valence-electron chi connectivity index (χ0n) is 8.17. The molecule has 1 saturated heterocycles. The summed E-state index contributed by atoms with van der Waals surface area (Å²) >= 11 is 0. The Labute approximate surface area is 82.8 Å². The van der Waals surface area contributed by atoms with E-state index in [1.807, 2.05) is 6.92 Å². The summed E-state index contributed by atoms with van der Waals surface area (Å²) in [6.07, 6.45) is 3.78. The summed E-state index contributed by atoms with van der Waals surface area (Å²) in [5, 5.41) is 17.3. The molecule has 1 aromatic rings. The molecule has 0 spiro atoms. The molecule has 0 saturated carbocycles. The van der Waals surface area contributed by atoms with Crippen molar-refractivity contribution in [3.8, 4) is 0 Å². The molecule has 14 heavy (non-hydrogen) atoms. The van der Waals surface area contributed by atoms with Crippen LogP contribution in [0.4, 0.5) is 5.95 Å². The average molecular weight is 194 g/mol. The summed E-state index contributed by atoms with van der Waals surface area (Å²) in [6, 6.07) is 0. The summed E-state index contributed by atoms with van der Waals surface area (Å²) in [5.41, 5.74) is 0. The van der Waals surface area contributed by atoms with Crippen LogP contribution in [-0.2, 0) is 0 Å². The van der Waals surface area contributed by atoms with E-state index >= 15 is 0 Å². The van der Waals surface area contributed by atoms with Crippen LogP contribution < -0.4 is 4.90 Å². The van der Waals surface area contributed by atoms with Crippen LogP contribution >= 0.6 is 0 Å². The summed E-state index contributed by atoms with van der Waals surface area (Å²) in [4.78, 5) is 6.19. The third-order valence-corrected chi connectivity index (χ3v) is 2.61. The SMILES string of the molecule is C[C@@H]1CN(c2nccnn2)CC[C@H]1O. The molecule has 0 aromatic carbocycles. The van der Waals surface area contributed by atoms with Crippen molar-refractivity contribution in [2.24, 2.45) is 5.92 Å². The quantitative estimate of drug-likeness (QED) is 0.686. The van der Waals surface area contributed by atoms with Gasteiger partial charge in [0.15, 0.2) is 0 Å². The van der Waals surface area contributed by atoms with Crippen LogP contribution in [0.25, 0.3) is 0 Å². The molecule has 1 aromatic heterocycles. The van der Waals surface area contributed by atoms with E-state index in [1.165, 1.54) is 0 Å². The van der Waals surface area contributed by atoms with Gasteiger partial charge in [0, 0.05) is 13.1 Å². The second kappa shape index (κ2) is 3.88. The minimum absolute atomic E-state index is 0.192. The maximum absolute atomic E-state index is 9.56. The van der Waals surface area contributed by atoms with Gasteiger partial charge in [-0.1, -0.05) is 6.92 Å². The topological polar surface area (TPSA) is 62.1 Å². The van der Waals surface area contributed by atoms with Crippen molar-refractivity contribution in [3.05, 3.63) is 12.4 Å². The van der Waals surface area contributed by atoms with Crippen LogP contribution in [-0.4, -0.2) is 39.5 Å². The lowest BCUT2D eigenvalue weighted by Crippen LogP contribution is -2.42. The molecule has 5 nitrogen and oxygen atoms in total. The van der Waals surface area contributed by atoms with E-state index < -0.39 is 0 Å². The number of aliphatic hydroxyl groups is 1. The second-order valence-electron chi connectivity index (χ2n) is 3.72. The number of aliphatic hydroxyl groups excluding tert-OH is 1. The first kappa shape index (κ1) is 9.33. The third-order valence-electron chi connectivity index (χ3n) is 2.61. The number of nitrogens with zero attached hydrogens (tertiary/aromatic N) is 4. The Morgan fingerprint density at radius 3 is 3.00 bits per heavy atom. The van der Waals surface area contributed by atoms with E-state index in [1.54, 1.807) is 12.4 Å². The van der Waals surface area contributed by atoms with Crippen molar-refractivity contribution in [3.63, 3.8) is 0 Å². The molecule has 76 valence electrons. The molecule has 1 fully saturated rings. The van der Waals surface area contributed by atoms with Gasteiger partial charge in [-0.15, -0.1) is 5.10 Å². The molecule has 5 heteroatoms. The highest BCUT2D eigenvalue weighted by Crippen LogP contribution is 2.19. The summed E-state index contributed by atoms with van der Waals surface area (Å²) in [6.45, 7) is 3.64. The van der Waals surface area contributed by atoms with Gasteiger partial charge in [0.25, 0.3) is 0 Å². The summed E-state index contributed by atoms with van der Waals surface area (Å²) in [5.74, 6) is 0.929. The van der Waals surface area contributed by atoms with Crippen LogP contribution in [0.2, 0.25) is 0 Å². The predicted octanol–water partition coefficient (Wildman–Crippen LogP) is 0.0787. The van der Waals surface area contributed by atoms with Crippen molar-refractivity contribution in [2.75, 3.05) is 18.0 Å². The largest absolute Gasteiger partial charge is 0.393 e. The number of aromatic nitrogens is 3. The Hall–Kier alpha value is -1.23. The first-order valence-electron chi connectivity index (χ1n) is 4.84. The number of anilines is 1. The Bertz CT molecular complexity index is 292. The van der Waals surface area contributed by atoms with E-state index in [0.717, 1.165) is 19.5 Å². The van der Waals surface area contributed by atoms with Crippen molar-refractivity contribution in [2.45, 2.75) is 19.4 Å². The van der Waals surface area contributed by atoms with Crippen LogP contribution in [0.15, 0.2) is 12.4 Å². The van der Waals surface area contributed by atoms with Crippen molar-refractivity contribution in [1.82, 2.24) is 15.2 Å². The second-order valence-corrected chi connectivity index (χ2v) is 3.72. The van der Waals surface area contributed by atoms with Crippen LogP contribution in [0.1, 0.15) is 13.3 Å². The van der Waals surface area contributed by atoms with Gasteiger partial charge in [0.1, 0.15) is 0 Å². The van der Waals surface area contributed by atoms with Crippen molar-refractivity contribution >= 4 is 5.95 Å². The minimum Gasteiger partial charge on any atom is -0.393 e. The molecular formula is C9H14N4O. The number of piperidine rings is 1. The zero-order chi connectivity index (χ0) is 9.97. The van der Waals surface area contributed by atoms with Crippen molar-refractivity contribution in [1.29, 1.82) is 0 Å². The Morgan fingerprint density at radius 2 is 2.36 bits per heavy atom. The van der Waals surface area contributed by atoms with Crippen LogP contribution in [0.3, 0.4) is 0 Å². The summed E-state index contributed by atoms with van der Waals surface area (Å²) in [7, 11) is 0. The molecule has 0 aliphatic carbocycles. The fraction of sp³-hybridized carbons (Fsp3) is 0.667. The lowest BCUT2D eigenvalue weighted by atomic mass is 9.97. The van der Waals surface area contributed by atoms with Gasteiger partial charge < -0.3 is 10.0 Å². The highest BCUT2D eigenvalue weighted by molar-refractivity contribution is 5.28. The first-order valence-corrected chi connectivity index (χ1v) is 4.84. The molecule has 1 N–H and O–H groups in total. The molecule has 2 rings (SSSR count). The molecule has 0 unspecified atom stereocenters. The van der Waals surface area contributed by atoms with E-state index in [4.69, 9.17) is 0 Å². The average Bonchev–Trinajstić information content (AvgIpc) is 2.23. The molecule has 1 aliphatic heterocycles. The van der Waals surface area contributed by atoms with Gasteiger partial charge in [-0.05, 0) is 12.3 Å². The molecule has 0 amide bonds. The maximum atomic E-state index is 9.56. The van der Waals surface area contributed by atoms with E-state index in [9.17, 15) is 5.11 Å². The lowest BCUT2D eigenvalue weighted by molar-refractivity contribution is 0.0966. The Balaban J connectivity index is 2.07. The molecule has 0 bridgehead atoms. The Morgan fingerprint density at radius 1 is 1.50 bits per heavy atom. The molecular weight excluding hydrogens is 180 g/mol. The highest BCUT2D eigenvalue weighted by Gasteiger charge is 2.25. The molecule has 2 heterocycles. The van der Waals surface area contributed by atoms with Gasteiger partial charge in [-0.2, -0.15) is 5.10 Å². The van der Waals surface area contributed by atoms with Crippen LogP contribution in [0, 0.1) is 5.92 Å². The molecule has 2 atom stereocenters. The van der Waals surface area contributed by atoms with Gasteiger partial charge in [0.05, 0.1) is 18.5 Å². The number of hydrogen-bond acceptors (Lipinski definition) is 5. The number of hydrogen-bond donors (Lipinski definition) is 1. The normalized spacial score (nSPS) is 27.7. The van der Waals surface area contributed by atoms with Crippen LogP contribution in [0.5, 0.6) is 0 Å². The monoisotopic (exact) mass is 194 g/mol. The molecule has 0 radical (unpaired) electrons. The summed E-state index contributed by atoms with van der Waals surface area (Å²) < 4.78 is 0. The van der Waals surface area contributed by atoms with Gasteiger partial charge in [0.2, 0.25) is 5.95 Å². The van der Waals surface area contributed by atoms with Gasteiger partial charge >= 0.3 is 0 Å². The Kier molecular flexibility index (Phi) is 2.58. The van der Waals surface area contributed by atoms with E-state index in [-0.39, 0.29) is 12.0 Å². The van der Waals surface area contributed by atoms with Gasteiger partial charge in [-0.25, -0.2) is 4.98 Å². The smallest absolute Gasteiger partial charge is 0.245 e. The third kappa shape index (κ3) is 1.82.